The van der Waals surface area contributed by atoms with Crippen LogP contribution in [-0.2, 0) is 6.18 Å². The number of alkyl halides is 3. The molecule has 1 aromatic heterocycles. The minimum absolute atomic E-state index is 0.337. The van der Waals surface area contributed by atoms with Gasteiger partial charge in [0.15, 0.2) is 0 Å². The van der Waals surface area contributed by atoms with Gasteiger partial charge in [0.25, 0.3) is 5.56 Å². The monoisotopic (exact) mass is 258 g/mol. The third kappa shape index (κ3) is 2.24. The molecule has 0 saturated carbocycles. The first-order valence-corrected chi connectivity index (χ1v) is 4.80. The molecule has 0 aliphatic rings. The van der Waals surface area contributed by atoms with Gasteiger partial charge in [-0.2, -0.15) is 13.2 Å². The van der Waals surface area contributed by atoms with Crippen molar-refractivity contribution in [1.82, 2.24) is 9.97 Å². The maximum absolute atomic E-state index is 12.9. The predicted molar refractivity (Wildman–Crippen MR) is 55.3 cm³/mol. The highest BCUT2D eigenvalue weighted by atomic mass is 19.4. The van der Waals surface area contributed by atoms with Crippen molar-refractivity contribution in [1.29, 1.82) is 0 Å². The fourth-order valence-electron chi connectivity index (χ4n) is 1.50. The lowest BCUT2D eigenvalue weighted by Gasteiger charge is -2.11. The Hall–Kier alpha value is -2.18. The Morgan fingerprint density at radius 3 is 2.56 bits per heavy atom. The molecule has 0 radical (unpaired) electrons. The van der Waals surface area contributed by atoms with Crippen molar-refractivity contribution in [3.8, 4) is 11.3 Å². The highest BCUT2D eigenvalue weighted by Gasteiger charge is 2.35. The number of halogens is 4. The molecular weight excluding hydrogens is 252 g/mol. The van der Waals surface area contributed by atoms with Gasteiger partial charge in [-0.1, -0.05) is 0 Å². The maximum atomic E-state index is 12.9. The second kappa shape index (κ2) is 4.25. The number of hydrogen-bond donors (Lipinski definition) is 1. The van der Waals surface area contributed by atoms with Crippen molar-refractivity contribution in [2.75, 3.05) is 0 Å². The van der Waals surface area contributed by atoms with Gasteiger partial charge in [0.05, 0.1) is 5.56 Å². The van der Waals surface area contributed by atoms with E-state index in [9.17, 15) is 22.4 Å². The molecule has 7 heteroatoms. The van der Waals surface area contributed by atoms with Crippen LogP contribution in [-0.4, -0.2) is 9.97 Å². The molecular formula is C11H6F4N2O. The average molecular weight is 258 g/mol. The summed E-state index contributed by atoms with van der Waals surface area (Å²) in [5.74, 6) is -1.03. The highest BCUT2D eigenvalue weighted by Crippen LogP contribution is 2.35. The Morgan fingerprint density at radius 1 is 1.22 bits per heavy atom. The Balaban J connectivity index is 2.73. The molecule has 0 atom stereocenters. The summed E-state index contributed by atoms with van der Waals surface area (Å²) in [4.78, 5) is 17.2. The summed E-state index contributed by atoms with van der Waals surface area (Å²) in [6.07, 6.45) is -2.41. The fourth-order valence-corrected chi connectivity index (χ4v) is 1.50. The zero-order valence-corrected chi connectivity index (χ0v) is 8.75. The first-order valence-electron chi connectivity index (χ1n) is 4.80. The first kappa shape index (κ1) is 12.3. The number of nitrogens with zero attached hydrogens (tertiary/aromatic N) is 1. The predicted octanol–water partition coefficient (Wildman–Crippen LogP) is 2.59. The lowest BCUT2D eigenvalue weighted by Crippen LogP contribution is -2.14. The maximum Gasteiger partial charge on any atom is 0.417 e. The van der Waals surface area contributed by atoms with Crippen LogP contribution >= 0.6 is 0 Å². The third-order valence-electron chi connectivity index (χ3n) is 2.25. The van der Waals surface area contributed by atoms with E-state index in [1.54, 1.807) is 0 Å². The van der Waals surface area contributed by atoms with Crippen LogP contribution in [0.1, 0.15) is 5.56 Å². The largest absolute Gasteiger partial charge is 0.417 e. The normalized spacial score (nSPS) is 11.6. The topological polar surface area (TPSA) is 45.8 Å². The molecule has 3 nitrogen and oxygen atoms in total. The van der Waals surface area contributed by atoms with Gasteiger partial charge in [-0.15, -0.1) is 0 Å². The zero-order chi connectivity index (χ0) is 13.3. The number of benzene rings is 1. The van der Waals surface area contributed by atoms with E-state index < -0.39 is 34.4 Å². The second-order valence-electron chi connectivity index (χ2n) is 3.45. The first-order chi connectivity index (χ1) is 8.39. The Morgan fingerprint density at radius 2 is 1.94 bits per heavy atom. The van der Waals surface area contributed by atoms with E-state index in [4.69, 9.17) is 0 Å². The lowest BCUT2D eigenvalue weighted by atomic mass is 10.0. The summed E-state index contributed by atoms with van der Waals surface area (Å²) < 4.78 is 51.1. The number of rotatable bonds is 1. The Kier molecular flexibility index (Phi) is 2.90. The number of aromatic amines is 1. The van der Waals surface area contributed by atoms with Crippen LogP contribution in [0.5, 0.6) is 0 Å². The van der Waals surface area contributed by atoms with Crippen LogP contribution < -0.4 is 5.56 Å². The van der Waals surface area contributed by atoms with Gasteiger partial charge < -0.3 is 4.98 Å². The average Bonchev–Trinajstić information content (AvgIpc) is 2.29. The van der Waals surface area contributed by atoms with Gasteiger partial charge in [-0.3, -0.25) is 4.79 Å². The van der Waals surface area contributed by atoms with Crippen LogP contribution in [0.3, 0.4) is 0 Å². The third-order valence-corrected chi connectivity index (χ3v) is 2.25. The van der Waals surface area contributed by atoms with Crippen molar-refractivity contribution >= 4 is 0 Å². The molecule has 18 heavy (non-hydrogen) atoms. The highest BCUT2D eigenvalue weighted by molar-refractivity contribution is 5.63. The summed E-state index contributed by atoms with van der Waals surface area (Å²) in [6, 6.07) is 2.07. The molecule has 0 fully saturated rings. The van der Waals surface area contributed by atoms with E-state index in [0.717, 1.165) is 18.3 Å². The Labute approximate surface area is 98.1 Å². The summed E-state index contributed by atoms with van der Waals surface area (Å²) in [7, 11) is 0. The van der Waals surface area contributed by atoms with Crippen LogP contribution in [0.2, 0.25) is 0 Å². The van der Waals surface area contributed by atoms with E-state index in [2.05, 4.69) is 9.97 Å². The molecule has 0 bridgehead atoms. The summed E-state index contributed by atoms with van der Waals surface area (Å²) >= 11 is 0. The molecule has 1 aromatic carbocycles. The minimum atomic E-state index is -4.76. The van der Waals surface area contributed by atoms with E-state index in [1.807, 2.05) is 0 Å². The SMILES string of the molecule is O=c1[nH]ccnc1-c1ccc(F)cc1C(F)(F)F. The van der Waals surface area contributed by atoms with E-state index >= 15 is 0 Å². The van der Waals surface area contributed by atoms with Gasteiger partial charge in [-0.25, -0.2) is 9.37 Å². The fraction of sp³-hybridized carbons (Fsp3) is 0.0909. The van der Waals surface area contributed by atoms with Crippen LogP contribution in [0.25, 0.3) is 11.3 Å². The molecule has 1 N–H and O–H groups in total. The standard InChI is InChI=1S/C11H6F4N2O/c12-6-1-2-7(8(5-6)11(13,14)15)9-10(18)17-4-3-16-9/h1-5H,(H,17,18). The molecule has 0 amide bonds. The van der Waals surface area contributed by atoms with Crippen molar-refractivity contribution in [2.45, 2.75) is 6.18 Å². The van der Waals surface area contributed by atoms with Crippen molar-refractivity contribution in [3.05, 3.63) is 52.3 Å². The molecule has 0 saturated heterocycles. The Bertz CT molecular complexity index is 633. The lowest BCUT2D eigenvalue weighted by molar-refractivity contribution is -0.137. The molecule has 0 aliphatic heterocycles. The molecule has 0 spiro atoms. The van der Waals surface area contributed by atoms with Crippen molar-refractivity contribution in [2.24, 2.45) is 0 Å². The smallest absolute Gasteiger partial charge is 0.326 e. The molecule has 0 aliphatic carbocycles. The quantitative estimate of drug-likeness (QED) is 0.799. The van der Waals surface area contributed by atoms with Crippen LogP contribution in [0.4, 0.5) is 17.6 Å². The number of aromatic nitrogens is 2. The second-order valence-corrected chi connectivity index (χ2v) is 3.45. The van der Waals surface area contributed by atoms with Crippen molar-refractivity contribution in [3.63, 3.8) is 0 Å². The minimum Gasteiger partial charge on any atom is -0.326 e. The summed E-state index contributed by atoms with van der Waals surface area (Å²) in [5.41, 5.74) is -2.85. The summed E-state index contributed by atoms with van der Waals surface area (Å²) in [6.45, 7) is 0. The van der Waals surface area contributed by atoms with Crippen LogP contribution in [0.15, 0.2) is 35.4 Å². The molecule has 94 valence electrons. The van der Waals surface area contributed by atoms with E-state index in [-0.39, 0.29) is 0 Å². The van der Waals surface area contributed by atoms with Gasteiger partial charge in [0, 0.05) is 18.0 Å². The molecule has 2 rings (SSSR count). The van der Waals surface area contributed by atoms with Crippen molar-refractivity contribution < 1.29 is 17.6 Å². The van der Waals surface area contributed by atoms with E-state index in [0.29, 0.717) is 6.07 Å². The molecule has 2 aromatic rings. The van der Waals surface area contributed by atoms with Gasteiger partial charge in [-0.05, 0) is 18.2 Å². The van der Waals surface area contributed by atoms with Gasteiger partial charge >= 0.3 is 6.18 Å². The molecule has 1 heterocycles. The zero-order valence-electron chi connectivity index (χ0n) is 8.75. The summed E-state index contributed by atoms with van der Waals surface area (Å²) in [5, 5.41) is 0. The van der Waals surface area contributed by atoms with Gasteiger partial charge in [0.2, 0.25) is 0 Å². The van der Waals surface area contributed by atoms with E-state index in [1.165, 1.54) is 6.20 Å². The number of nitrogens with one attached hydrogen (secondary N) is 1. The molecule has 0 unspecified atom stereocenters. The number of hydrogen-bond acceptors (Lipinski definition) is 2. The van der Waals surface area contributed by atoms with Crippen LogP contribution in [0, 0.1) is 5.82 Å². The number of H-pyrrole nitrogens is 1. The van der Waals surface area contributed by atoms with Gasteiger partial charge in [0.1, 0.15) is 11.5 Å².